The SMILES string of the molecule is COCCC1CSC(Nc2ccc(F)cc2Br)=N1. The van der Waals surface area contributed by atoms with Crippen LogP contribution in [-0.2, 0) is 4.74 Å². The van der Waals surface area contributed by atoms with Crippen molar-refractivity contribution in [1.82, 2.24) is 0 Å². The lowest BCUT2D eigenvalue weighted by Crippen LogP contribution is -2.08. The molecule has 1 aromatic carbocycles. The molecule has 0 fully saturated rings. The summed E-state index contributed by atoms with van der Waals surface area (Å²) in [5.74, 6) is 0.705. The molecular weight excluding hydrogens is 319 g/mol. The molecule has 1 atom stereocenters. The van der Waals surface area contributed by atoms with Crippen LogP contribution in [0.1, 0.15) is 6.42 Å². The molecule has 98 valence electrons. The maximum absolute atomic E-state index is 13.0. The standard InChI is InChI=1S/C12H14BrFN2OS/c1-17-5-4-9-7-18-12(15-9)16-11-3-2-8(14)6-10(11)13/h2-3,6,9H,4-5,7H2,1H3,(H,15,16). The molecule has 1 aromatic rings. The van der Waals surface area contributed by atoms with Crippen molar-refractivity contribution in [2.45, 2.75) is 12.5 Å². The van der Waals surface area contributed by atoms with E-state index in [2.05, 4.69) is 26.2 Å². The Hall–Kier alpha value is -0.590. The van der Waals surface area contributed by atoms with Crippen molar-refractivity contribution in [1.29, 1.82) is 0 Å². The highest BCUT2D eigenvalue weighted by Gasteiger charge is 2.18. The van der Waals surface area contributed by atoms with Crippen LogP contribution in [0.5, 0.6) is 0 Å². The van der Waals surface area contributed by atoms with E-state index >= 15 is 0 Å². The van der Waals surface area contributed by atoms with Gasteiger partial charge in [0, 0.05) is 23.9 Å². The van der Waals surface area contributed by atoms with Crippen LogP contribution in [0.4, 0.5) is 10.1 Å². The van der Waals surface area contributed by atoms with Crippen LogP contribution in [0, 0.1) is 5.82 Å². The van der Waals surface area contributed by atoms with Gasteiger partial charge >= 0.3 is 0 Å². The minimum absolute atomic E-state index is 0.258. The molecule has 2 rings (SSSR count). The van der Waals surface area contributed by atoms with E-state index in [1.807, 2.05) is 0 Å². The van der Waals surface area contributed by atoms with Gasteiger partial charge in [-0.25, -0.2) is 4.39 Å². The van der Waals surface area contributed by atoms with Crippen LogP contribution < -0.4 is 5.32 Å². The molecule has 0 radical (unpaired) electrons. The van der Waals surface area contributed by atoms with E-state index in [0.717, 1.165) is 29.6 Å². The van der Waals surface area contributed by atoms with Crippen LogP contribution in [0.3, 0.4) is 0 Å². The van der Waals surface area contributed by atoms with Gasteiger partial charge in [-0.05, 0) is 40.5 Å². The van der Waals surface area contributed by atoms with Crippen LogP contribution in [0.2, 0.25) is 0 Å². The number of thioether (sulfide) groups is 1. The second kappa shape index (κ2) is 6.54. The molecule has 0 saturated heterocycles. The minimum atomic E-state index is -0.258. The van der Waals surface area contributed by atoms with Crippen molar-refractivity contribution >= 4 is 38.5 Å². The predicted molar refractivity (Wildman–Crippen MR) is 77.9 cm³/mol. The molecule has 18 heavy (non-hydrogen) atoms. The molecule has 0 spiro atoms. The van der Waals surface area contributed by atoms with E-state index in [1.165, 1.54) is 12.1 Å². The molecule has 1 heterocycles. The average Bonchev–Trinajstić information content (AvgIpc) is 2.78. The minimum Gasteiger partial charge on any atom is -0.385 e. The third-order valence-electron chi connectivity index (χ3n) is 2.54. The highest BCUT2D eigenvalue weighted by molar-refractivity contribution is 9.10. The quantitative estimate of drug-likeness (QED) is 0.916. The van der Waals surface area contributed by atoms with Crippen LogP contribution in [0.25, 0.3) is 0 Å². The van der Waals surface area contributed by atoms with Crippen molar-refractivity contribution in [3.05, 3.63) is 28.5 Å². The fraction of sp³-hybridized carbons (Fsp3) is 0.417. The van der Waals surface area contributed by atoms with Gasteiger partial charge < -0.3 is 10.1 Å². The maximum atomic E-state index is 13.0. The number of nitrogens with one attached hydrogen (secondary N) is 1. The van der Waals surface area contributed by atoms with Gasteiger partial charge in [-0.2, -0.15) is 0 Å². The van der Waals surface area contributed by atoms with Crippen LogP contribution in [0.15, 0.2) is 27.7 Å². The summed E-state index contributed by atoms with van der Waals surface area (Å²) in [6.07, 6.45) is 0.930. The topological polar surface area (TPSA) is 33.6 Å². The first kappa shape index (κ1) is 13.8. The molecule has 0 bridgehead atoms. The third kappa shape index (κ3) is 3.70. The Balaban J connectivity index is 1.97. The van der Waals surface area contributed by atoms with Crippen molar-refractivity contribution in [2.24, 2.45) is 4.99 Å². The van der Waals surface area contributed by atoms with E-state index < -0.39 is 0 Å². The Morgan fingerprint density at radius 3 is 3.17 bits per heavy atom. The highest BCUT2D eigenvalue weighted by Crippen LogP contribution is 2.27. The van der Waals surface area contributed by atoms with E-state index in [9.17, 15) is 4.39 Å². The van der Waals surface area contributed by atoms with Gasteiger partial charge in [-0.15, -0.1) is 0 Å². The molecule has 1 N–H and O–H groups in total. The summed E-state index contributed by atoms with van der Waals surface area (Å²) in [5.41, 5.74) is 0.829. The highest BCUT2D eigenvalue weighted by atomic mass is 79.9. The van der Waals surface area contributed by atoms with Crippen LogP contribution >= 0.6 is 27.7 Å². The van der Waals surface area contributed by atoms with Crippen molar-refractivity contribution in [3.63, 3.8) is 0 Å². The lowest BCUT2D eigenvalue weighted by molar-refractivity contribution is 0.190. The second-order valence-corrected chi connectivity index (χ2v) is 5.79. The third-order valence-corrected chi connectivity index (χ3v) is 4.23. The zero-order chi connectivity index (χ0) is 13.0. The molecule has 1 unspecified atom stereocenters. The second-order valence-electron chi connectivity index (χ2n) is 3.93. The normalized spacial score (nSPS) is 18.8. The number of nitrogens with zero attached hydrogens (tertiary/aromatic N) is 1. The number of amidine groups is 1. The summed E-state index contributed by atoms with van der Waals surface area (Å²) in [5, 5.41) is 4.08. The van der Waals surface area contributed by atoms with Gasteiger partial charge in [0.15, 0.2) is 5.17 Å². The monoisotopic (exact) mass is 332 g/mol. The van der Waals surface area contributed by atoms with Gasteiger partial charge in [0.2, 0.25) is 0 Å². The largest absolute Gasteiger partial charge is 0.385 e. The smallest absolute Gasteiger partial charge is 0.161 e. The van der Waals surface area contributed by atoms with Crippen LogP contribution in [-0.4, -0.2) is 30.7 Å². The Kier molecular flexibility index (Phi) is 5.03. The molecule has 6 heteroatoms. The summed E-state index contributed by atoms with van der Waals surface area (Å²) >= 11 is 5.00. The number of aliphatic imine (C=N–C) groups is 1. The lowest BCUT2D eigenvalue weighted by atomic mass is 10.2. The predicted octanol–water partition coefficient (Wildman–Crippen LogP) is 3.51. The summed E-state index contributed by atoms with van der Waals surface area (Å²) < 4.78 is 18.7. The number of benzene rings is 1. The Morgan fingerprint density at radius 1 is 1.61 bits per heavy atom. The van der Waals surface area contributed by atoms with Crippen molar-refractivity contribution in [2.75, 3.05) is 24.8 Å². The number of rotatable bonds is 4. The van der Waals surface area contributed by atoms with Gasteiger partial charge in [-0.3, -0.25) is 4.99 Å². The zero-order valence-electron chi connectivity index (χ0n) is 9.95. The fourth-order valence-electron chi connectivity index (χ4n) is 1.59. The summed E-state index contributed by atoms with van der Waals surface area (Å²) in [6.45, 7) is 0.724. The van der Waals surface area contributed by atoms with E-state index in [0.29, 0.717) is 10.5 Å². The molecule has 0 saturated carbocycles. The van der Waals surface area contributed by atoms with E-state index in [1.54, 1.807) is 24.9 Å². The van der Waals surface area contributed by atoms with Gasteiger partial charge in [-0.1, -0.05) is 11.8 Å². The van der Waals surface area contributed by atoms with E-state index in [-0.39, 0.29) is 5.82 Å². The molecule has 1 aliphatic heterocycles. The average molecular weight is 333 g/mol. The van der Waals surface area contributed by atoms with Crippen molar-refractivity contribution < 1.29 is 9.13 Å². The number of halogens is 2. The maximum Gasteiger partial charge on any atom is 0.161 e. The number of hydrogen-bond donors (Lipinski definition) is 1. The van der Waals surface area contributed by atoms with Gasteiger partial charge in [0.25, 0.3) is 0 Å². The van der Waals surface area contributed by atoms with Gasteiger partial charge in [0.1, 0.15) is 5.82 Å². The molecule has 3 nitrogen and oxygen atoms in total. The van der Waals surface area contributed by atoms with Gasteiger partial charge in [0.05, 0.1) is 11.7 Å². The fourth-order valence-corrected chi connectivity index (χ4v) is 3.04. The zero-order valence-corrected chi connectivity index (χ0v) is 12.4. The number of ether oxygens (including phenoxy) is 1. The molecule has 1 aliphatic rings. The Bertz CT molecular complexity index is 456. The number of methoxy groups -OCH3 is 1. The number of hydrogen-bond acceptors (Lipinski definition) is 4. The molecular formula is C12H14BrFN2OS. The lowest BCUT2D eigenvalue weighted by Gasteiger charge is -2.07. The molecule has 0 aromatic heterocycles. The summed E-state index contributed by atoms with van der Waals surface area (Å²) in [7, 11) is 1.70. The Labute approximate surface area is 118 Å². The first-order valence-corrected chi connectivity index (χ1v) is 7.38. The van der Waals surface area contributed by atoms with E-state index in [4.69, 9.17) is 4.74 Å². The summed E-state index contributed by atoms with van der Waals surface area (Å²) in [6, 6.07) is 4.86. The van der Waals surface area contributed by atoms with Crippen molar-refractivity contribution in [3.8, 4) is 0 Å². The molecule has 0 aliphatic carbocycles. The number of anilines is 1. The first-order valence-electron chi connectivity index (χ1n) is 5.60. The Morgan fingerprint density at radius 2 is 2.44 bits per heavy atom. The first-order chi connectivity index (χ1) is 8.69. The molecule has 0 amide bonds. The summed E-state index contributed by atoms with van der Waals surface area (Å²) in [4.78, 5) is 4.56.